The Labute approximate surface area is 110 Å². The number of carbonyl (C=O) groups is 2. The normalized spacial score (nSPS) is 22.2. The second kappa shape index (κ2) is 5.68. The molecule has 19 heavy (non-hydrogen) atoms. The lowest BCUT2D eigenvalue weighted by Gasteiger charge is -2.12. The maximum atomic E-state index is 11.6. The van der Waals surface area contributed by atoms with E-state index < -0.39 is 5.97 Å². The molecule has 1 aromatic rings. The highest BCUT2D eigenvalue weighted by molar-refractivity contribution is 5.75. The second-order valence-electron chi connectivity index (χ2n) is 4.71. The molecule has 104 valence electrons. The molecule has 3 N–H and O–H groups in total. The fourth-order valence-electron chi connectivity index (χ4n) is 2.20. The Bertz CT molecular complexity index is 473. The van der Waals surface area contributed by atoms with Gasteiger partial charge in [-0.1, -0.05) is 0 Å². The zero-order valence-corrected chi connectivity index (χ0v) is 10.7. The molecule has 2 rings (SSSR count). The van der Waals surface area contributed by atoms with Gasteiger partial charge in [0, 0.05) is 13.1 Å². The number of hydrogen-bond acceptors (Lipinski definition) is 4. The zero-order chi connectivity index (χ0) is 13.8. The maximum absolute atomic E-state index is 11.6. The number of aryl methyl sites for hydroxylation is 1. The first-order valence-corrected chi connectivity index (χ1v) is 6.16. The third-order valence-electron chi connectivity index (χ3n) is 3.17. The Morgan fingerprint density at radius 2 is 2.32 bits per heavy atom. The predicted octanol–water partition coefficient (Wildman–Crippen LogP) is -0.132. The van der Waals surface area contributed by atoms with Crippen molar-refractivity contribution in [3.05, 3.63) is 12.2 Å². The summed E-state index contributed by atoms with van der Waals surface area (Å²) >= 11 is 0. The van der Waals surface area contributed by atoms with Crippen LogP contribution in [0.15, 0.2) is 6.33 Å². The van der Waals surface area contributed by atoms with Crippen molar-refractivity contribution in [2.24, 2.45) is 13.0 Å². The molecule has 8 nitrogen and oxygen atoms in total. The van der Waals surface area contributed by atoms with E-state index >= 15 is 0 Å². The van der Waals surface area contributed by atoms with Gasteiger partial charge >= 0.3 is 12.0 Å². The molecule has 0 spiro atoms. The Balaban J connectivity index is 1.72. The molecule has 0 saturated heterocycles. The number of carboxylic acid groups (broad SMARTS) is 1. The Hall–Kier alpha value is -2.12. The van der Waals surface area contributed by atoms with Crippen molar-refractivity contribution in [1.82, 2.24) is 25.4 Å². The number of rotatable bonds is 4. The lowest BCUT2D eigenvalue weighted by Crippen LogP contribution is -2.41. The van der Waals surface area contributed by atoms with Crippen LogP contribution in [0.25, 0.3) is 0 Å². The first kappa shape index (κ1) is 13.3. The van der Waals surface area contributed by atoms with Gasteiger partial charge in [0.2, 0.25) is 0 Å². The summed E-state index contributed by atoms with van der Waals surface area (Å²) in [5.41, 5.74) is 0. The minimum atomic E-state index is -0.789. The number of carbonyl (C=O) groups excluding carboxylic acids is 1. The molecule has 0 aromatic carbocycles. The van der Waals surface area contributed by atoms with Crippen LogP contribution < -0.4 is 10.6 Å². The van der Waals surface area contributed by atoms with E-state index in [9.17, 15) is 9.59 Å². The van der Waals surface area contributed by atoms with Gasteiger partial charge in [0.25, 0.3) is 0 Å². The summed E-state index contributed by atoms with van der Waals surface area (Å²) in [6.45, 7) is 0.252. The third kappa shape index (κ3) is 3.67. The molecule has 1 fully saturated rings. The van der Waals surface area contributed by atoms with E-state index in [1.54, 1.807) is 18.1 Å². The van der Waals surface area contributed by atoms with E-state index in [4.69, 9.17) is 5.11 Å². The van der Waals surface area contributed by atoms with Gasteiger partial charge in [0.1, 0.15) is 6.33 Å². The van der Waals surface area contributed by atoms with Gasteiger partial charge < -0.3 is 15.7 Å². The van der Waals surface area contributed by atoms with Crippen LogP contribution in [0.4, 0.5) is 4.79 Å². The van der Waals surface area contributed by atoms with Crippen LogP contribution in [0.1, 0.15) is 25.1 Å². The molecule has 0 bridgehead atoms. The molecule has 0 radical (unpaired) electrons. The Morgan fingerprint density at radius 1 is 1.53 bits per heavy atom. The average molecular weight is 267 g/mol. The van der Waals surface area contributed by atoms with E-state index in [0.717, 1.165) is 0 Å². The lowest BCUT2D eigenvalue weighted by atomic mass is 10.1. The van der Waals surface area contributed by atoms with Gasteiger partial charge in [-0.3, -0.25) is 9.48 Å². The summed E-state index contributed by atoms with van der Waals surface area (Å²) in [5, 5.41) is 18.3. The molecule has 1 saturated carbocycles. The van der Waals surface area contributed by atoms with Crippen molar-refractivity contribution in [2.75, 3.05) is 0 Å². The summed E-state index contributed by atoms with van der Waals surface area (Å²) in [4.78, 5) is 26.4. The summed E-state index contributed by atoms with van der Waals surface area (Å²) in [7, 11) is 1.75. The van der Waals surface area contributed by atoms with E-state index in [1.165, 1.54) is 0 Å². The highest BCUT2D eigenvalue weighted by atomic mass is 16.4. The molecule has 0 unspecified atom stereocenters. The van der Waals surface area contributed by atoms with E-state index in [1.807, 2.05) is 0 Å². The van der Waals surface area contributed by atoms with Crippen LogP contribution in [0.2, 0.25) is 0 Å². The summed E-state index contributed by atoms with van der Waals surface area (Å²) in [6.07, 6.45) is 3.36. The van der Waals surface area contributed by atoms with Crippen LogP contribution >= 0.6 is 0 Å². The van der Waals surface area contributed by atoms with Crippen LogP contribution in [0.3, 0.4) is 0 Å². The van der Waals surface area contributed by atoms with Crippen LogP contribution in [-0.2, 0) is 18.4 Å². The van der Waals surface area contributed by atoms with Gasteiger partial charge in [-0.15, -0.1) is 0 Å². The van der Waals surface area contributed by atoms with E-state index in [2.05, 4.69) is 20.7 Å². The summed E-state index contributed by atoms with van der Waals surface area (Å²) < 4.78 is 1.56. The number of nitrogens with one attached hydrogen (secondary N) is 2. The van der Waals surface area contributed by atoms with E-state index in [0.29, 0.717) is 25.1 Å². The molecule has 1 aliphatic rings. The van der Waals surface area contributed by atoms with Gasteiger partial charge in [-0.2, -0.15) is 5.10 Å². The molecule has 2 amide bonds. The van der Waals surface area contributed by atoms with Crippen LogP contribution in [0, 0.1) is 5.92 Å². The van der Waals surface area contributed by atoms with Gasteiger partial charge in [0.15, 0.2) is 5.82 Å². The van der Waals surface area contributed by atoms with Crippen molar-refractivity contribution in [3.63, 3.8) is 0 Å². The molecule has 0 aliphatic heterocycles. The standard InChI is InChI=1S/C11H17N5O3/c1-16-6-13-9(15-16)5-12-11(19)14-8-3-2-7(4-8)10(17)18/h6-8H,2-5H2,1H3,(H,17,18)(H2,12,14,19)/t7-,8+/m1/s1. The van der Waals surface area contributed by atoms with E-state index in [-0.39, 0.29) is 24.5 Å². The fraction of sp³-hybridized carbons (Fsp3) is 0.636. The number of hydrogen-bond donors (Lipinski definition) is 3. The monoisotopic (exact) mass is 267 g/mol. The molecule has 1 aliphatic carbocycles. The second-order valence-corrected chi connectivity index (χ2v) is 4.71. The number of urea groups is 1. The molecular weight excluding hydrogens is 250 g/mol. The Kier molecular flexibility index (Phi) is 3.98. The van der Waals surface area contributed by atoms with Gasteiger partial charge in [0.05, 0.1) is 12.5 Å². The molecule has 8 heteroatoms. The van der Waals surface area contributed by atoms with Gasteiger partial charge in [-0.25, -0.2) is 9.78 Å². The highest BCUT2D eigenvalue weighted by Crippen LogP contribution is 2.25. The molecule has 1 heterocycles. The molecule has 1 aromatic heterocycles. The maximum Gasteiger partial charge on any atom is 0.315 e. The van der Waals surface area contributed by atoms with Crippen molar-refractivity contribution >= 4 is 12.0 Å². The topological polar surface area (TPSA) is 109 Å². The average Bonchev–Trinajstić information content (AvgIpc) is 2.96. The van der Waals surface area contributed by atoms with Crippen LogP contribution in [-0.4, -0.2) is 37.9 Å². The smallest absolute Gasteiger partial charge is 0.315 e. The number of aliphatic carboxylic acids is 1. The molecule has 2 atom stereocenters. The fourth-order valence-corrected chi connectivity index (χ4v) is 2.20. The van der Waals surface area contributed by atoms with Crippen molar-refractivity contribution in [1.29, 1.82) is 0 Å². The molecular formula is C11H17N5O3. The SMILES string of the molecule is Cn1cnc(CNC(=O)N[C@H]2CC[C@@H](C(=O)O)C2)n1. The quantitative estimate of drug-likeness (QED) is 0.704. The minimum absolute atomic E-state index is 0.0715. The summed E-state index contributed by atoms with van der Waals surface area (Å²) in [5.74, 6) is -0.599. The number of carboxylic acids is 1. The minimum Gasteiger partial charge on any atom is -0.481 e. The zero-order valence-electron chi connectivity index (χ0n) is 10.7. The highest BCUT2D eigenvalue weighted by Gasteiger charge is 2.30. The van der Waals surface area contributed by atoms with Gasteiger partial charge in [-0.05, 0) is 19.3 Å². The first-order chi connectivity index (χ1) is 9.04. The van der Waals surface area contributed by atoms with Crippen molar-refractivity contribution < 1.29 is 14.7 Å². The Morgan fingerprint density at radius 3 is 2.89 bits per heavy atom. The summed E-state index contributed by atoms with van der Waals surface area (Å²) in [6, 6.07) is -0.388. The number of aromatic nitrogens is 3. The lowest BCUT2D eigenvalue weighted by molar-refractivity contribution is -0.141. The number of nitrogens with zero attached hydrogens (tertiary/aromatic N) is 3. The van der Waals surface area contributed by atoms with Crippen molar-refractivity contribution in [2.45, 2.75) is 31.8 Å². The largest absolute Gasteiger partial charge is 0.481 e. The number of amides is 2. The first-order valence-electron chi connectivity index (χ1n) is 6.16. The van der Waals surface area contributed by atoms with Crippen LogP contribution in [0.5, 0.6) is 0 Å². The predicted molar refractivity (Wildman–Crippen MR) is 65.1 cm³/mol. The van der Waals surface area contributed by atoms with Crippen molar-refractivity contribution in [3.8, 4) is 0 Å². The third-order valence-corrected chi connectivity index (χ3v) is 3.17.